The predicted octanol–water partition coefficient (Wildman–Crippen LogP) is 5.74. The molecule has 32 heavy (non-hydrogen) atoms. The fourth-order valence-electron chi connectivity index (χ4n) is 3.47. The minimum absolute atomic E-state index is 0.169. The van der Waals surface area contributed by atoms with Crippen molar-refractivity contribution in [1.29, 1.82) is 5.26 Å². The highest BCUT2D eigenvalue weighted by Gasteiger charge is 2.14. The Bertz CT molecular complexity index is 1090. The number of urea groups is 1. The van der Waals surface area contributed by atoms with Crippen molar-refractivity contribution < 1.29 is 4.79 Å². The number of halogens is 1. The largest absolute Gasteiger partial charge is 0.337 e. The van der Waals surface area contributed by atoms with Crippen molar-refractivity contribution in [3.63, 3.8) is 0 Å². The third kappa shape index (κ3) is 6.84. The van der Waals surface area contributed by atoms with Gasteiger partial charge in [0.05, 0.1) is 11.6 Å². The first-order chi connectivity index (χ1) is 15.4. The van der Waals surface area contributed by atoms with E-state index in [1.807, 2.05) is 32.3 Å². The molecule has 0 bridgehead atoms. The molecule has 0 aliphatic carbocycles. The Hall–Kier alpha value is -3.33. The molecule has 1 unspecified atom stereocenters. The first kappa shape index (κ1) is 23.3. The van der Waals surface area contributed by atoms with Gasteiger partial charge in [-0.3, -0.25) is 0 Å². The highest BCUT2D eigenvalue weighted by Crippen LogP contribution is 2.25. The standard InChI is InChI=1S/C26H27ClN4O/c1-31(2)14-13-23(18-29-26(32)30-25-8-4-7-24(27)16-25)21-11-9-20(10-12-21)22-6-3-5-19(15-22)17-28/h3-12,15-16,23H,13-14,18H2,1-2H3,(H2,29,30,32). The van der Waals surface area contributed by atoms with Gasteiger partial charge in [0.25, 0.3) is 0 Å². The Morgan fingerprint density at radius 3 is 2.47 bits per heavy atom. The van der Waals surface area contributed by atoms with E-state index < -0.39 is 0 Å². The summed E-state index contributed by atoms with van der Waals surface area (Å²) in [5.74, 6) is 0.169. The molecular formula is C26H27ClN4O. The Labute approximate surface area is 194 Å². The monoisotopic (exact) mass is 446 g/mol. The van der Waals surface area contributed by atoms with Gasteiger partial charge in [0.1, 0.15) is 0 Å². The van der Waals surface area contributed by atoms with Crippen molar-refractivity contribution >= 4 is 23.3 Å². The molecule has 6 heteroatoms. The number of amides is 2. The van der Waals surface area contributed by atoms with Gasteiger partial charge < -0.3 is 15.5 Å². The van der Waals surface area contributed by atoms with Crippen LogP contribution in [0.4, 0.5) is 10.5 Å². The Kier molecular flexibility index (Phi) is 8.27. The summed E-state index contributed by atoms with van der Waals surface area (Å²) < 4.78 is 0. The van der Waals surface area contributed by atoms with E-state index in [1.54, 1.807) is 30.3 Å². The van der Waals surface area contributed by atoms with Crippen LogP contribution in [0, 0.1) is 11.3 Å². The molecular weight excluding hydrogens is 420 g/mol. The molecule has 0 spiro atoms. The summed E-state index contributed by atoms with van der Waals surface area (Å²) in [6.45, 7) is 1.43. The molecule has 0 saturated carbocycles. The van der Waals surface area contributed by atoms with Crippen LogP contribution in [-0.4, -0.2) is 38.1 Å². The molecule has 3 rings (SSSR count). The lowest BCUT2D eigenvalue weighted by molar-refractivity contribution is 0.251. The molecule has 0 aromatic heterocycles. The molecule has 3 aromatic carbocycles. The average molecular weight is 447 g/mol. The van der Waals surface area contributed by atoms with Crippen molar-refractivity contribution in [2.75, 3.05) is 32.5 Å². The van der Waals surface area contributed by atoms with E-state index in [0.717, 1.165) is 29.7 Å². The molecule has 0 fully saturated rings. The maximum absolute atomic E-state index is 12.4. The Balaban J connectivity index is 1.69. The van der Waals surface area contributed by atoms with Gasteiger partial charge in [0.15, 0.2) is 0 Å². The van der Waals surface area contributed by atoms with Crippen LogP contribution in [0.2, 0.25) is 5.02 Å². The minimum atomic E-state index is -0.257. The van der Waals surface area contributed by atoms with Gasteiger partial charge in [-0.05, 0) is 74.1 Å². The zero-order chi connectivity index (χ0) is 22.9. The quantitative estimate of drug-likeness (QED) is 0.464. The second-order valence-corrected chi connectivity index (χ2v) is 8.39. The van der Waals surface area contributed by atoms with Crippen LogP contribution in [0.1, 0.15) is 23.5 Å². The fourth-order valence-corrected chi connectivity index (χ4v) is 3.66. The Morgan fingerprint density at radius 2 is 1.78 bits per heavy atom. The van der Waals surface area contributed by atoms with Gasteiger partial charge in [0, 0.05) is 23.2 Å². The lowest BCUT2D eigenvalue weighted by Crippen LogP contribution is -2.33. The second-order valence-electron chi connectivity index (χ2n) is 7.95. The van der Waals surface area contributed by atoms with Crippen LogP contribution < -0.4 is 10.6 Å². The van der Waals surface area contributed by atoms with Crippen molar-refractivity contribution in [3.8, 4) is 17.2 Å². The zero-order valence-electron chi connectivity index (χ0n) is 18.3. The van der Waals surface area contributed by atoms with E-state index >= 15 is 0 Å². The predicted molar refractivity (Wildman–Crippen MR) is 131 cm³/mol. The molecule has 0 aliphatic rings. The summed E-state index contributed by atoms with van der Waals surface area (Å²) in [4.78, 5) is 14.5. The van der Waals surface area contributed by atoms with Crippen molar-refractivity contribution in [1.82, 2.24) is 10.2 Å². The minimum Gasteiger partial charge on any atom is -0.337 e. The molecule has 2 amide bonds. The number of nitrogens with one attached hydrogen (secondary N) is 2. The maximum atomic E-state index is 12.4. The number of nitrogens with zero attached hydrogens (tertiary/aromatic N) is 2. The van der Waals surface area contributed by atoms with Crippen LogP contribution in [-0.2, 0) is 0 Å². The van der Waals surface area contributed by atoms with Crippen molar-refractivity contribution in [3.05, 3.63) is 88.9 Å². The van der Waals surface area contributed by atoms with Crippen LogP contribution in [0.5, 0.6) is 0 Å². The van der Waals surface area contributed by atoms with Crippen molar-refractivity contribution in [2.45, 2.75) is 12.3 Å². The molecule has 0 aliphatic heterocycles. The van der Waals surface area contributed by atoms with E-state index in [4.69, 9.17) is 16.9 Å². The molecule has 1 atom stereocenters. The summed E-state index contributed by atoms with van der Waals surface area (Å²) >= 11 is 5.99. The number of benzene rings is 3. The van der Waals surface area contributed by atoms with Crippen LogP contribution >= 0.6 is 11.6 Å². The lowest BCUT2D eigenvalue weighted by atomic mass is 9.93. The number of hydrogen-bond donors (Lipinski definition) is 2. The smallest absolute Gasteiger partial charge is 0.319 e. The number of carbonyl (C=O) groups excluding carboxylic acids is 1. The third-order valence-corrected chi connectivity index (χ3v) is 5.46. The summed E-state index contributed by atoms with van der Waals surface area (Å²) in [5.41, 5.74) is 4.53. The van der Waals surface area contributed by atoms with Gasteiger partial charge in [0.2, 0.25) is 0 Å². The normalized spacial score (nSPS) is 11.6. The molecule has 164 valence electrons. The van der Waals surface area contributed by atoms with Gasteiger partial charge in [-0.25, -0.2) is 4.79 Å². The van der Waals surface area contributed by atoms with E-state index in [2.05, 4.69) is 45.9 Å². The van der Waals surface area contributed by atoms with Crippen molar-refractivity contribution in [2.24, 2.45) is 0 Å². The molecule has 0 saturated heterocycles. The van der Waals surface area contributed by atoms with Crippen LogP contribution in [0.3, 0.4) is 0 Å². The van der Waals surface area contributed by atoms with Gasteiger partial charge in [-0.2, -0.15) is 5.26 Å². The zero-order valence-corrected chi connectivity index (χ0v) is 19.1. The van der Waals surface area contributed by atoms with Gasteiger partial charge in [-0.1, -0.05) is 54.1 Å². The third-order valence-electron chi connectivity index (χ3n) is 5.22. The highest BCUT2D eigenvalue weighted by atomic mass is 35.5. The first-order valence-electron chi connectivity index (χ1n) is 10.5. The lowest BCUT2D eigenvalue weighted by Gasteiger charge is -2.21. The fraction of sp³-hybridized carbons (Fsp3) is 0.231. The topological polar surface area (TPSA) is 68.2 Å². The summed E-state index contributed by atoms with van der Waals surface area (Å²) in [6.07, 6.45) is 0.910. The number of rotatable bonds is 8. The van der Waals surface area contributed by atoms with Crippen LogP contribution in [0.25, 0.3) is 11.1 Å². The second kappa shape index (κ2) is 11.3. The van der Waals surface area contributed by atoms with E-state index in [0.29, 0.717) is 22.8 Å². The molecule has 5 nitrogen and oxygen atoms in total. The average Bonchev–Trinajstić information content (AvgIpc) is 2.79. The summed E-state index contributed by atoms with van der Waals surface area (Å²) in [7, 11) is 4.09. The molecule has 0 radical (unpaired) electrons. The SMILES string of the molecule is CN(C)CCC(CNC(=O)Nc1cccc(Cl)c1)c1ccc(-c2cccc(C#N)c2)cc1. The number of carbonyl (C=O) groups is 1. The van der Waals surface area contributed by atoms with Gasteiger partial charge in [-0.15, -0.1) is 0 Å². The summed E-state index contributed by atoms with van der Waals surface area (Å²) in [6, 6.07) is 24.9. The number of hydrogen-bond acceptors (Lipinski definition) is 3. The van der Waals surface area contributed by atoms with E-state index in [9.17, 15) is 4.79 Å². The molecule has 0 heterocycles. The molecule has 2 N–H and O–H groups in total. The first-order valence-corrected chi connectivity index (χ1v) is 10.9. The summed E-state index contributed by atoms with van der Waals surface area (Å²) in [5, 5.41) is 15.5. The molecule has 3 aromatic rings. The van der Waals surface area contributed by atoms with Gasteiger partial charge >= 0.3 is 6.03 Å². The van der Waals surface area contributed by atoms with E-state index in [-0.39, 0.29) is 11.9 Å². The maximum Gasteiger partial charge on any atom is 0.319 e. The van der Waals surface area contributed by atoms with E-state index in [1.165, 1.54) is 0 Å². The number of nitriles is 1. The van der Waals surface area contributed by atoms with Crippen LogP contribution in [0.15, 0.2) is 72.8 Å². The number of anilines is 1. The Morgan fingerprint density at radius 1 is 1.03 bits per heavy atom. The highest BCUT2D eigenvalue weighted by molar-refractivity contribution is 6.30.